The number of hydrogen-bond acceptors (Lipinski definition) is 5. The fraction of sp³-hybridized carbons (Fsp3) is 0.385. The van der Waals surface area contributed by atoms with Crippen LogP contribution < -0.4 is 5.32 Å². The summed E-state index contributed by atoms with van der Waals surface area (Å²) in [6, 6.07) is 0. The number of nitrogens with zero attached hydrogens (tertiary/aromatic N) is 5. The van der Waals surface area contributed by atoms with E-state index in [2.05, 4.69) is 42.0 Å². The number of H-pyrrole nitrogens is 1. The van der Waals surface area contributed by atoms with Crippen LogP contribution in [0.1, 0.15) is 25.4 Å². The van der Waals surface area contributed by atoms with E-state index in [9.17, 15) is 0 Å². The molecule has 7 nitrogen and oxygen atoms in total. The Morgan fingerprint density at radius 3 is 3.00 bits per heavy atom. The van der Waals surface area contributed by atoms with Crippen molar-refractivity contribution in [2.75, 3.05) is 11.9 Å². The molecule has 3 aromatic heterocycles. The van der Waals surface area contributed by atoms with E-state index in [1.807, 2.05) is 19.3 Å². The molecule has 0 saturated carbocycles. The van der Waals surface area contributed by atoms with Crippen molar-refractivity contribution < 1.29 is 0 Å². The summed E-state index contributed by atoms with van der Waals surface area (Å²) in [5.74, 6) is 1.62. The average molecular weight is 271 g/mol. The standard InChI is InChI=1S/C13H17N7/c1-3-14-13-17-10(9-8-16-19-12(9)18-13)7-11-15-5-6-20(11)4-2/h5-6,8H,3-4,7H2,1-2H3,(H2,14,16,17,18,19). The molecule has 20 heavy (non-hydrogen) atoms. The van der Waals surface area contributed by atoms with E-state index in [0.29, 0.717) is 12.4 Å². The van der Waals surface area contributed by atoms with Crippen LogP contribution in [0.5, 0.6) is 0 Å². The third kappa shape index (κ3) is 2.22. The molecule has 0 aliphatic heterocycles. The SMILES string of the molecule is CCNc1nc(Cc2nccn2CC)c2cn[nH]c2n1. The minimum absolute atomic E-state index is 0.619. The Labute approximate surface area is 116 Å². The Morgan fingerprint density at radius 2 is 2.20 bits per heavy atom. The number of aromatic nitrogens is 6. The van der Waals surface area contributed by atoms with E-state index in [1.165, 1.54) is 0 Å². The van der Waals surface area contributed by atoms with Gasteiger partial charge in [0.1, 0.15) is 5.82 Å². The number of hydrogen-bond donors (Lipinski definition) is 2. The zero-order chi connectivity index (χ0) is 13.9. The van der Waals surface area contributed by atoms with Crippen LogP contribution in [0.4, 0.5) is 5.95 Å². The monoisotopic (exact) mass is 271 g/mol. The quantitative estimate of drug-likeness (QED) is 0.736. The summed E-state index contributed by atoms with van der Waals surface area (Å²) in [7, 11) is 0. The summed E-state index contributed by atoms with van der Waals surface area (Å²) in [6.07, 6.45) is 6.23. The van der Waals surface area contributed by atoms with E-state index in [0.717, 1.165) is 35.6 Å². The molecule has 0 bridgehead atoms. The Bertz CT molecular complexity index is 712. The van der Waals surface area contributed by atoms with E-state index >= 15 is 0 Å². The molecule has 0 amide bonds. The topological polar surface area (TPSA) is 84.3 Å². The molecule has 0 aromatic carbocycles. The molecule has 3 aromatic rings. The molecule has 0 spiro atoms. The summed E-state index contributed by atoms with van der Waals surface area (Å²) in [6.45, 7) is 5.80. The maximum absolute atomic E-state index is 4.58. The second kappa shape index (κ2) is 5.28. The van der Waals surface area contributed by atoms with Crippen molar-refractivity contribution >= 4 is 17.0 Å². The van der Waals surface area contributed by atoms with Gasteiger partial charge in [0.2, 0.25) is 5.95 Å². The molecule has 0 radical (unpaired) electrons. The lowest BCUT2D eigenvalue weighted by Gasteiger charge is -2.07. The van der Waals surface area contributed by atoms with Gasteiger partial charge in [0.15, 0.2) is 5.65 Å². The maximum atomic E-state index is 4.58. The predicted molar refractivity (Wildman–Crippen MR) is 76.6 cm³/mol. The second-order valence-corrected chi connectivity index (χ2v) is 4.46. The minimum Gasteiger partial charge on any atom is -0.354 e. The van der Waals surface area contributed by atoms with Gasteiger partial charge in [-0.2, -0.15) is 10.1 Å². The highest BCUT2D eigenvalue weighted by atomic mass is 15.2. The second-order valence-electron chi connectivity index (χ2n) is 4.46. The lowest BCUT2D eigenvalue weighted by Crippen LogP contribution is -2.07. The van der Waals surface area contributed by atoms with Crippen LogP contribution in [0.3, 0.4) is 0 Å². The highest BCUT2D eigenvalue weighted by Crippen LogP contribution is 2.18. The van der Waals surface area contributed by atoms with E-state index in [-0.39, 0.29) is 0 Å². The van der Waals surface area contributed by atoms with Crippen LogP contribution in [0.15, 0.2) is 18.6 Å². The van der Waals surface area contributed by atoms with Crippen LogP contribution in [0.2, 0.25) is 0 Å². The number of aryl methyl sites for hydroxylation is 1. The molecule has 0 aliphatic rings. The lowest BCUT2D eigenvalue weighted by atomic mass is 10.2. The third-order valence-electron chi connectivity index (χ3n) is 3.19. The molecular weight excluding hydrogens is 254 g/mol. The van der Waals surface area contributed by atoms with Crippen LogP contribution in [0.25, 0.3) is 11.0 Å². The third-order valence-corrected chi connectivity index (χ3v) is 3.19. The molecule has 0 fully saturated rings. The van der Waals surface area contributed by atoms with Crippen LogP contribution >= 0.6 is 0 Å². The first-order valence-electron chi connectivity index (χ1n) is 6.75. The number of aromatic amines is 1. The van der Waals surface area contributed by atoms with E-state index in [1.54, 1.807) is 6.20 Å². The van der Waals surface area contributed by atoms with Crippen molar-refractivity contribution in [1.29, 1.82) is 0 Å². The molecule has 0 aliphatic carbocycles. The van der Waals surface area contributed by atoms with Crippen LogP contribution in [-0.4, -0.2) is 36.3 Å². The van der Waals surface area contributed by atoms with Gasteiger partial charge in [0.05, 0.1) is 17.3 Å². The smallest absolute Gasteiger partial charge is 0.224 e. The largest absolute Gasteiger partial charge is 0.354 e. The van der Waals surface area contributed by atoms with Gasteiger partial charge >= 0.3 is 0 Å². The molecule has 3 rings (SSSR count). The first-order chi connectivity index (χ1) is 9.81. The van der Waals surface area contributed by atoms with Crippen molar-refractivity contribution in [3.63, 3.8) is 0 Å². The van der Waals surface area contributed by atoms with Gasteiger partial charge in [-0.15, -0.1) is 0 Å². The molecule has 0 unspecified atom stereocenters. The molecule has 2 N–H and O–H groups in total. The fourth-order valence-electron chi connectivity index (χ4n) is 2.21. The van der Waals surface area contributed by atoms with Gasteiger partial charge in [-0.3, -0.25) is 5.10 Å². The van der Waals surface area contributed by atoms with Gasteiger partial charge in [0.25, 0.3) is 0 Å². The van der Waals surface area contributed by atoms with E-state index in [4.69, 9.17) is 0 Å². The highest BCUT2D eigenvalue weighted by Gasteiger charge is 2.12. The zero-order valence-corrected chi connectivity index (χ0v) is 11.6. The number of nitrogens with one attached hydrogen (secondary N) is 2. The highest BCUT2D eigenvalue weighted by molar-refractivity contribution is 5.78. The van der Waals surface area contributed by atoms with Crippen LogP contribution in [0, 0.1) is 0 Å². The number of imidazole rings is 1. The first kappa shape index (κ1) is 12.6. The number of rotatable bonds is 5. The summed E-state index contributed by atoms with van der Waals surface area (Å²) >= 11 is 0. The summed E-state index contributed by atoms with van der Waals surface area (Å²) in [4.78, 5) is 13.4. The van der Waals surface area contributed by atoms with Crippen LogP contribution in [-0.2, 0) is 13.0 Å². The van der Waals surface area contributed by atoms with Crippen molar-refractivity contribution in [2.24, 2.45) is 0 Å². The Balaban J connectivity index is 2.03. The van der Waals surface area contributed by atoms with Gasteiger partial charge in [-0.25, -0.2) is 9.97 Å². The molecule has 7 heteroatoms. The van der Waals surface area contributed by atoms with Gasteiger partial charge < -0.3 is 9.88 Å². The van der Waals surface area contributed by atoms with Crippen molar-refractivity contribution in [3.05, 3.63) is 30.1 Å². The summed E-state index contributed by atoms with van der Waals surface area (Å²) in [5.41, 5.74) is 1.68. The fourth-order valence-corrected chi connectivity index (χ4v) is 2.21. The van der Waals surface area contributed by atoms with Gasteiger partial charge in [-0.1, -0.05) is 0 Å². The zero-order valence-electron chi connectivity index (χ0n) is 11.6. The van der Waals surface area contributed by atoms with Gasteiger partial charge in [0, 0.05) is 31.9 Å². The number of fused-ring (bicyclic) bond motifs is 1. The molecule has 3 heterocycles. The Hall–Kier alpha value is -2.44. The Morgan fingerprint density at radius 1 is 1.30 bits per heavy atom. The van der Waals surface area contributed by atoms with E-state index < -0.39 is 0 Å². The van der Waals surface area contributed by atoms with Crippen molar-refractivity contribution in [2.45, 2.75) is 26.8 Å². The Kier molecular flexibility index (Phi) is 3.32. The molecule has 0 saturated heterocycles. The average Bonchev–Trinajstić information content (AvgIpc) is 3.07. The predicted octanol–water partition coefficient (Wildman–Crippen LogP) is 1.59. The molecular formula is C13H17N7. The summed E-state index contributed by atoms with van der Waals surface area (Å²) < 4.78 is 2.11. The van der Waals surface area contributed by atoms with Crippen molar-refractivity contribution in [1.82, 2.24) is 29.7 Å². The van der Waals surface area contributed by atoms with Crippen molar-refractivity contribution in [3.8, 4) is 0 Å². The molecule has 104 valence electrons. The molecule has 0 atom stereocenters. The van der Waals surface area contributed by atoms with Gasteiger partial charge in [-0.05, 0) is 13.8 Å². The maximum Gasteiger partial charge on any atom is 0.224 e. The normalized spacial score (nSPS) is 11.1. The minimum atomic E-state index is 0.619. The first-order valence-corrected chi connectivity index (χ1v) is 6.75. The summed E-state index contributed by atoms with van der Waals surface area (Å²) in [5, 5.41) is 11.0. The lowest BCUT2D eigenvalue weighted by molar-refractivity contribution is 0.709. The number of anilines is 1.